The molecule has 0 saturated heterocycles. The Hall–Kier alpha value is -4.54. The van der Waals surface area contributed by atoms with Crippen molar-refractivity contribution >= 4 is 23.6 Å². The van der Waals surface area contributed by atoms with E-state index in [4.69, 9.17) is 5.73 Å². The van der Waals surface area contributed by atoms with Gasteiger partial charge in [-0.2, -0.15) is 0 Å². The normalized spacial score (nSPS) is 12.3. The number of rotatable bonds is 15. The van der Waals surface area contributed by atoms with E-state index in [1.807, 2.05) is 50.2 Å². The van der Waals surface area contributed by atoms with Gasteiger partial charge in [0, 0.05) is 48.9 Å². The molecule has 0 aliphatic heterocycles. The van der Waals surface area contributed by atoms with Crippen LogP contribution in [0.25, 0.3) is 0 Å². The topological polar surface area (TPSA) is 145 Å². The molecule has 0 heterocycles. The van der Waals surface area contributed by atoms with E-state index in [0.717, 1.165) is 18.4 Å². The fraction of sp³-hybridized carbons (Fsp3) is 0.333. The highest BCUT2D eigenvalue weighted by Gasteiger charge is 2.26. The molecular formula is C33H41N5O5. The zero-order chi connectivity index (χ0) is 31.4. The molecule has 2 atom stereocenters. The molecule has 43 heavy (non-hydrogen) atoms. The number of hydrazine groups is 1. The van der Waals surface area contributed by atoms with E-state index >= 15 is 0 Å². The van der Waals surface area contributed by atoms with E-state index in [1.54, 1.807) is 36.2 Å². The van der Waals surface area contributed by atoms with Gasteiger partial charge in [0.25, 0.3) is 17.7 Å². The smallest absolute Gasteiger partial charge is 0.265 e. The first-order valence-electron chi connectivity index (χ1n) is 14.5. The molecule has 3 aromatic carbocycles. The molecule has 0 fully saturated rings. The summed E-state index contributed by atoms with van der Waals surface area (Å²) in [5, 5.41) is 15.6. The van der Waals surface area contributed by atoms with Gasteiger partial charge in [-0.1, -0.05) is 62.4 Å². The predicted molar refractivity (Wildman–Crippen MR) is 165 cm³/mol. The summed E-state index contributed by atoms with van der Waals surface area (Å²) >= 11 is 0. The number of aliphatic hydroxyl groups excluding tert-OH is 1. The van der Waals surface area contributed by atoms with Gasteiger partial charge in [-0.15, -0.1) is 0 Å². The molecule has 5 N–H and O–H groups in total. The molecule has 0 aliphatic rings. The number of hydrogen-bond acceptors (Lipinski definition) is 6. The Morgan fingerprint density at radius 3 is 1.93 bits per heavy atom. The van der Waals surface area contributed by atoms with Crippen LogP contribution in [-0.4, -0.2) is 77.5 Å². The highest BCUT2D eigenvalue weighted by Crippen LogP contribution is 2.16. The van der Waals surface area contributed by atoms with Crippen molar-refractivity contribution in [1.82, 2.24) is 20.7 Å². The zero-order valence-corrected chi connectivity index (χ0v) is 25.0. The largest absolute Gasteiger partial charge is 0.390 e. The molecule has 228 valence electrons. The second-order valence-electron chi connectivity index (χ2n) is 10.5. The van der Waals surface area contributed by atoms with Crippen LogP contribution in [0.3, 0.4) is 0 Å². The van der Waals surface area contributed by atoms with E-state index < -0.39 is 24.0 Å². The van der Waals surface area contributed by atoms with Gasteiger partial charge in [0.05, 0.1) is 12.1 Å². The highest BCUT2D eigenvalue weighted by atomic mass is 16.3. The number of nitrogens with two attached hydrogens (primary N) is 1. The van der Waals surface area contributed by atoms with Crippen molar-refractivity contribution < 1.29 is 24.3 Å². The number of primary amides is 1. The molecule has 0 saturated carbocycles. The number of likely N-dealkylation sites (N-methyl/N-ethyl adjacent to an activating group) is 1. The molecule has 4 amide bonds. The second kappa shape index (κ2) is 16.2. The van der Waals surface area contributed by atoms with Crippen LogP contribution in [0, 0.1) is 0 Å². The summed E-state index contributed by atoms with van der Waals surface area (Å²) in [5.41, 5.74) is 9.92. The first-order chi connectivity index (χ1) is 20.6. The standard InChI is InChI=1S/C33H41N5O5/c1-4-16-38(17-5-2)33(43)27-20-25(30(34)40)19-26(21-27)31(41)35-28(18-23-12-8-6-9-13-23)29(39)22-37(3)36-32(42)24-14-10-7-11-15-24/h6-15,19-21,28-29,39H,4-5,16-18,22H2,1-3H3,(H2,34,40)(H,35,41)(H,36,42). The number of nitrogens with zero attached hydrogens (tertiary/aromatic N) is 2. The molecule has 10 heteroatoms. The number of amides is 4. The second-order valence-corrected chi connectivity index (χ2v) is 10.5. The van der Waals surface area contributed by atoms with Gasteiger partial charge in [0.15, 0.2) is 0 Å². The van der Waals surface area contributed by atoms with Crippen molar-refractivity contribution in [2.24, 2.45) is 5.73 Å². The Balaban J connectivity index is 1.84. The maximum absolute atomic E-state index is 13.6. The molecule has 0 spiro atoms. The van der Waals surface area contributed by atoms with Crippen molar-refractivity contribution in [3.8, 4) is 0 Å². The first-order valence-corrected chi connectivity index (χ1v) is 14.5. The summed E-state index contributed by atoms with van der Waals surface area (Å²) < 4.78 is 0. The van der Waals surface area contributed by atoms with Gasteiger partial charge in [-0.05, 0) is 55.2 Å². The molecule has 0 radical (unpaired) electrons. The maximum Gasteiger partial charge on any atom is 0.265 e. The Labute approximate surface area is 252 Å². The zero-order valence-electron chi connectivity index (χ0n) is 25.0. The van der Waals surface area contributed by atoms with Crippen LogP contribution in [0.2, 0.25) is 0 Å². The molecule has 2 unspecified atom stereocenters. The third-order valence-corrected chi connectivity index (χ3v) is 6.87. The van der Waals surface area contributed by atoms with Gasteiger partial charge >= 0.3 is 0 Å². The van der Waals surface area contributed by atoms with Gasteiger partial charge in [0.1, 0.15) is 0 Å². The average Bonchev–Trinajstić information content (AvgIpc) is 3.00. The van der Waals surface area contributed by atoms with Crippen LogP contribution < -0.4 is 16.5 Å². The first kappa shape index (κ1) is 33.0. The fourth-order valence-electron chi connectivity index (χ4n) is 4.75. The number of benzene rings is 3. The van der Waals surface area contributed by atoms with E-state index in [9.17, 15) is 24.3 Å². The maximum atomic E-state index is 13.6. The lowest BCUT2D eigenvalue weighted by Gasteiger charge is -2.28. The van der Waals surface area contributed by atoms with Crippen LogP contribution in [0.15, 0.2) is 78.9 Å². The lowest BCUT2D eigenvalue weighted by molar-refractivity contribution is 0.0542. The summed E-state index contributed by atoms with van der Waals surface area (Å²) in [6.45, 7) is 5.02. The lowest BCUT2D eigenvalue weighted by Crippen LogP contribution is -2.52. The van der Waals surface area contributed by atoms with Crippen molar-refractivity contribution in [2.75, 3.05) is 26.7 Å². The quantitative estimate of drug-likeness (QED) is 0.201. The Bertz CT molecular complexity index is 1380. The van der Waals surface area contributed by atoms with Crippen LogP contribution in [0.1, 0.15) is 73.7 Å². The molecule has 3 aromatic rings. The number of carbonyl (C=O) groups excluding carboxylic acids is 4. The molecule has 0 aromatic heterocycles. The summed E-state index contributed by atoms with van der Waals surface area (Å²) in [6.07, 6.45) is 0.702. The fourth-order valence-corrected chi connectivity index (χ4v) is 4.75. The minimum absolute atomic E-state index is 0.00438. The summed E-state index contributed by atoms with van der Waals surface area (Å²) in [5.74, 6) is -1.97. The molecule has 10 nitrogen and oxygen atoms in total. The van der Waals surface area contributed by atoms with E-state index in [1.165, 1.54) is 23.2 Å². The van der Waals surface area contributed by atoms with Crippen molar-refractivity contribution in [3.05, 3.63) is 107 Å². The summed E-state index contributed by atoms with van der Waals surface area (Å²) in [7, 11) is 1.62. The van der Waals surface area contributed by atoms with Crippen LogP contribution in [0.4, 0.5) is 0 Å². The summed E-state index contributed by atoms with van der Waals surface area (Å²) in [4.78, 5) is 53.3. The van der Waals surface area contributed by atoms with E-state index in [-0.39, 0.29) is 41.5 Å². The molecular weight excluding hydrogens is 546 g/mol. The Kier molecular flexibility index (Phi) is 12.4. The molecule has 0 bridgehead atoms. The van der Waals surface area contributed by atoms with Crippen molar-refractivity contribution in [2.45, 2.75) is 45.3 Å². The molecule has 3 rings (SSSR count). The highest BCUT2D eigenvalue weighted by molar-refractivity contribution is 6.04. The number of hydrogen-bond donors (Lipinski definition) is 4. The lowest BCUT2D eigenvalue weighted by atomic mass is 9.99. The molecule has 0 aliphatic carbocycles. The van der Waals surface area contributed by atoms with Crippen molar-refractivity contribution in [3.63, 3.8) is 0 Å². The SMILES string of the molecule is CCCN(CCC)C(=O)c1cc(C(N)=O)cc(C(=O)NC(Cc2ccccc2)C(O)CN(C)NC(=O)c2ccccc2)c1. The van der Waals surface area contributed by atoms with Gasteiger partial charge in [-0.3, -0.25) is 24.6 Å². The van der Waals surface area contributed by atoms with Crippen LogP contribution in [-0.2, 0) is 6.42 Å². The Morgan fingerprint density at radius 2 is 1.35 bits per heavy atom. The van der Waals surface area contributed by atoms with Gasteiger partial charge in [-0.25, -0.2) is 5.01 Å². The number of aliphatic hydroxyl groups is 1. The summed E-state index contributed by atoms with van der Waals surface area (Å²) in [6, 6.07) is 21.5. The average molecular weight is 588 g/mol. The number of nitrogens with one attached hydrogen (secondary N) is 2. The van der Waals surface area contributed by atoms with Gasteiger partial charge in [0.2, 0.25) is 5.91 Å². The van der Waals surface area contributed by atoms with Crippen LogP contribution >= 0.6 is 0 Å². The van der Waals surface area contributed by atoms with E-state index in [0.29, 0.717) is 18.7 Å². The predicted octanol–water partition coefficient (Wildman–Crippen LogP) is 3.03. The monoisotopic (exact) mass is 587 g/mol. The Morgan fingerprint density at radius 1 is 0.791 bits per heavy atom. The minimum Gasteiger partial charge on any atom is -0.390 e. The van der Waals surface area contributed by atoms with Crippen molar-refractivity contribution in [1.29, 1.82) is 0 Å². The third-order valence-electron chi connectivity index (χ3n) is 6.87. The third kappa shape index (κ3) is 9.76. The minimum atomic E-state index is -1.10. The van der Waals surface area contributed by atoms with Crippen LogP contribution in [0.5, 0.6) is 0 Å². The van der Waals surface area contributed by atoms with E-state index in [2.05, 4.69) is 10.7 Å². The van der Waals surface area contributed by atoms with Gasteiger partial charge < -0.3 is 21.1 Å². The number of carbonyl (C=O) groups is 4.